The standard InChI is InChI=1S/C16H24N2O5S/c1-13(19)18(14-6-10-23-11-7-14)9-8-17-24(20,21)16-5-3-4-15(12-16)22-2/h3-5,12,14,17H,6-11H2,1-2H3. The molecule has 0 radical (unpaired) electrons. The Morgan fingerprint density at radius 3 is 2.71 bits per heavy atom. The molecule has 1 aliphatic heterocycles. The first-order valence-electron chi connectivity index (χ1n) is 7.92. The van der Waals surface area contributed by atoms with Crippen molar-refractivity contribution in [2.75, 3.05) is 33.4 Å². The number of ether oxygens (including phenoxy) is 2. The Balaban J connectivity index is 1.96. The fraction of sp³-hybridized carbons (Fsp3) is 0.562. The van der Waals surface area contributed by atoms with E-state index in [1.807, 2.05) is 0 Å². The van der Waals surface area contributed by atoms with E-state index < -0.39 is 10.0 Å². The molecule has 1 aromatic carbocycles. The van der Waals surface area contributed by atoms with Gasteiger partial charge in [-0.05, 0) is 25.0 Å². The number of amides is 1. The summed E-state index contributed by atoms with van der Waals surface area (Å²) in [4.78, 5) is 13.7. The van der Waals surface area contributed by atoms with E-state index in [2.05, 4.69) is 4.72 Å². The number of rotatable bonds is 7. The molecule has 0 aliphatic carbocycles. The molecule has 0 aromatic heterocycles. The summed E-state index contributed by atoms with van der Waals surface area (Å²) < 4.78 is 37.6. The van der Waals surface area contributed by atoms with Gasteiger partial charge in [0.2, 0.25) is 15.9 Å². The summed E-state index contributed by atoms with van der Waals surface area (Å²) >= 11 is 0. The van der Waals surface area contributed by atoms with Crippen molar-refractivity contribution in [3.63, 3.8) is 0 Å². The molecule has 0 bridgehead atoms. The van der Waals surface area contributed by atoms with Crippen molar-refractivity contribution in [2.24, 2.45) is 0 Å². The van der Waals surface area contributed by atoms with E-state index in [9.17, 15) is 13.2 Å². The third-order valence-electron chi connectivity index (χ3n) is 4.03. The first kappa shape index (κ1) is 18.7. The number of hydrogen-bond acceptors (Lipinski definition) is 5. The van der Waals surface area contributed by atoms with Crippen LogP contribution in [0.2, 0.25) is 0 Å². The number of methoxy groups -OCH3 is 1. The van der Waals surface area contributed by atoms with E-state index in [1.54, 1.807) is 17.0 Å². The number of nitrogens with zero attached hydrogens (tertiary/aromatic N) is 1. The van der Waals surface area contributed by atoms with Gasteiger partial charge < -0.3 is 14.4 Å². The van der Waals surface area contributed by atoms with Crippen LogP contribution in [0.1, 0.15) is 19.8 Å². The predicted molar refractivity (Wildman–Crippen MR) is 89.4 cm³/mol. The number of nitrogens with one attached hydrogen (secondary N) is 1. The van der Waals surface area contributed by atoms with Crippen molar-refractivity contribution in [1.29, 1.82) is 0 Å². The van der Waals surface area contributed by atoms with E-state index >= 15 is 0 Å². The highest BCUT2D eigenvalue weighted by molar-refractivity contribution is 7.89. The normalized spacial score (nSPS) is 15.9. The smallest absolute Gasteiger partial charge is 0.240 e. The van der Waals surface area contributed by atoms with Gasteiger partial charge >= 0.3 is 0 Å². The topological polar surface area (TPSA) is 84.9 Å². The first-order chi connectivity index (χ1) is 11.4. The monoisotopic (exact) mass is 356 g/mol. The van der Waals surface area contributed by atoms with E-state index in [1.165, 1.54) is 26.2 Å². The Bertz CT molecular complexity index is 656. The van der Waals surface area contributed by atoms with E-state index in [0.29, 0.717) is 25.5 Å². The summed E-state index contributed by atoms with van der Waals surface area (Å²) in [5.41, 5.74) is 0. The lowest BCUT2D eigenvalue weighted by Gasteiger charge is -2.33. The molecular weight excluding hydrogens is 332 g/mol. The van der Waals surface area contributed by atoms with Crippen LogP contribution in [0.5, 0.6) is 5.75 Å². The van der Waals surface area contributed by atoms with Crippen molar-refractivity contribution in [1.82, 2.24) is 9.62 Å². The molecule has 1 saturated heterocycles. The van der Waals surface area contributed by atoms with Crippen LogP contribution in [0, 0.1) is 0 Å². The Hall–Kier alpha value is -1.64. The van der Waals surface area contributed by atoms with Crippen molar-refractivity contribution >= 4 is 15.9 Å². The second kappa shape index (κ2) is 8.46. The minimum atomic E-state index is -3.64. The minimum Gasteiger partial charge on any atom is -0.497 e. The molecule has 7 nitrogen and oxygen atoms in total. The molecule has 1 heterocycles. The minimum absolute atomic E-state index is 0.0533. The molecule has 8 heteroatoms. The molecule has 0 unspecified atom stereocenters. The molecule has 0 saturated carbocycles. The average molecular weight is 356 g/mol. The van der Waals surface area contributed by atoms with Gasteiger partial charge in [-0.1, -0.05) is 6.07 Å². The predicted octanol–water partition coefficient (Wildman–Crippen LogP) is 1.00. The summed E-state index contributed by atoms with van der Waals surface area (Å²) in [7, 11) is -2.15. The summed E-state index contributed by atoms with van der Waals surface area (Å²) in [6.07, 6.45) is 1.56. The lowest BCUT2D eigenvalue weighted by molar-refractivity contribution is -0.132. The molecular formula is C16H24N2O5S. The molecule has 134 valence electrons. The molecule has 0 atom stereocenters. The van der Waals surface area contributed by atoms with Crippen LogP contribution < -0.4 is 9.46 Å². The van der Waals surface area contributed by atoms with Crippen LogP contribution >= 0.6 is 0 Å². The molecule has 1 fully saturated rings. The fourth-order valence-electron chi connectivity index (χ4n) is 2.75. The second-order valence-corrected chi connectivity index (χ2v) is 7.40. The van der Waals surface area contributed by atoms with Gasteiger partial charge in [0.1, 0.15) is 5.75 Å². The summed E-state index contributed by atoms with van der Waals surface area (Å²) in [5.74, 6) is 0.424. The molecule has 1 amide bonds. The van der Waals surface area contributed by atoms with Gasteiger partial charge in [-0.2, -0.15) is 0 Å². The van der Waals surface area contributed by atoms with Crippen LogP contribution in [-0.4, -0.2) is 58.7 Å². The largest absolute Gasteiger partial charge is 0.497 e. The third-order valence-corrected chi connectivity index (χ3v) is 5.49. The molecule has 1 aromatic rings. The van der Waals surface area contributed by atoms with Crippen molar-refractivity contribution in [3.8, 4) is 5.75 Å². The lowest BCUT2D eigenvalue weighted by Crippen LogP contribution is -2.46. The highest BCUT2D eigenvalue weighted by atomic mass is 32.2. The van der Waals surface area contributed by atoms with Crippen molar-refractivity contribution in [2.45, 2.75) is 30.7 Å². The maximum atomic E-state index is 12.3. The molecule has 1 aliphatic rings. The van der Waals surface area contributed by atoms with Gasteiger partial charge in [0.15, 0.2) is 0 Å². The van der Waals surface area contributed by atoms with Crippen LogP contribution in [-0.2, 0) is 19.6 Å². The SMILES string of the molecule is COc1cccc(S(=O)(=O)NCCN(C(C)=O)C2CCOCC2)c1. The number of sulfonamides is 1. The van der Waals surface area contributed by atoms with E-state index in [4.69, 9.17) is 9.47 Å². The van der Waals surface area contributed by atoms with Crippen LogP contribution in [0.3, 0.4) is 0 Å². The van der Waals surface area contributed by atoms with Gasteiger partial charge in [0, 0.05) is 45.3 Å². The van der Waals surface area contributed by atoms with E-state index in [0.717, 1.165) is 12.8 Å². The quantitative estimate of drug-likeness (QED) is 0.788. The number of carbonyl (C=O) groups excluding carboxylic acids is 1. The number of benzene rings is 1. The molecule has 0 spiro atoms. The molecule has 24 heavy (non-hydrogen) atoms. The zero-order valence-electron chi connectivity index (χ0n) is 14.0. The lowest BCUT2D eigenvalue weighted by atomic mass is 10.1. The molecule has 2 rings (SSSR count). The van der Waals surface area contributed by atoms with Crippen molar-refractivity contribution in [3.05, 3.63) is 24.3 Å². The third kappa shape index (κ3) is 4.93. The Morgan fingerprint density at radius 2 is 2.08 bits per heavy atom. The second-order valence-electron chi connectivity index (χ2n) is 5.63. The summed E-state index contributed by atoms with van der Waals surface area (Å²) in [5, 5.41) is 0. The number of carbonyl (C=O) groups is 1. The molecule has 1 N–H and O–H groups in total. The van der Waals surface area contributed by atoms with Crippen LogP contribution in [0.25, 0.3) is 0 Å². The maximum Gasteiger partial charge on any atom is 0.240 e. The Kier molecular flexibility index (Phi) is 6.59. The fourth-order valence-corrected chi connectivity index (χ4v) is 3.80. The zero-order valence-corrected chi connectivity index (χ0v) is 14.8. The number of hydrogen-bond donors (Lipinski definition) is 1. The maximum absolute atomic E-state index is 12.3. The van der Waals surface area contributed by atoms with Crippen LogP contribution in [0.4, 0.5) is 0 Å². The highest BCUT2D eigenvalue weighted by Crippen LogP contribution is 2.17. The summed E-state index contributed by atoms with van der Waals surface area (Å²) in [6.45, 7) is 3.26. The first-order valence-corrected chi connectivity index (χ1v) is 9.41. The summed E-state index contributed by atoms with van der Waals surface area (Å²) in [6, 6.07) is 6.38. The van der Waals surface area contributed by atoms with Gasteiger partial charge in [-0.15, -0.1) is 0 Å². The van der Waals surface area contributed by atoms with Gasteiger partial charge in [0.05, 0.1) is 12.0 Å². The van der Waals surface area contributed by atoms with Gasteiger partial charge in [-0.3, -0.25) is 4.79 Å². The van der Waals surface area contributed by atoms with E-state index in [-0.39, 0.29) is 23.4 Å². The Labute approximate surface area is 143 Å². The van der Waals surface area contributed by atoms with Crippen LogP contribution in [0.15, 0.2) is 29.2 Å². The van der Waals surface area contributed by atoms with Crippen molar-refractivity contribution < 1.29 is 22.7 Å². The average Bonchev–Trinajstić information content (AvgIpc) is 2.59. The Morgan fingerprint density at radius 1 is 1.38 bits per heavy atom. The van der Waals surface area contributed by atoms with Gasteiger partial charge in [-0.25, -0.2) is 13.1 Å². The van der Waals surface area contributed by atoms with Gasteiger partial charge in [0.25, 0.3) is 0 Å². The highest BCUT2D eigenvalue weighted by Gasteiger charge is 2.24. The zero-order chi connectivity index (χ0) is 17.6.